The maximum atomic E-state index is 13.4. The van der Waals surface area contributed by atoms with Crippen molar-refractivity contribution in [2.45, 2.75) is 46.3 Å². The molecule has 39 heavy (non-hydrogen) atoms. The molecular weight excluding hydrogens is 511 g/mol. The number of carbonyl (C=O) groups is 3. The summed E-state index contributed by atoms with van der Waals surface area (Å²) in [5, 5.41) is 5.65. The summed E-state index contributed by atoms with van der Waals surface area (Å²) >= 11 is 0. The Bertz CT molecular complexity index is 1180. The summed E-state index contributed by atoms with van der Waals surface area (Å²) in [5.41, 5.74) is 0.312. The minimum Gasteiger partial charge on any atom is -0.367 e. The predicted octanol–water partition coefficient (Wildman–Crippen LogP) is 5.07. The standard InChI is InChI=1S/C28H36F3N5O3/c1-6-34(7-2)25(38)22-18-21(32-24(37)19-8-10-20(11-9-19)28(29,30)31)12-13-23(22)35-14-16-36(17-15-35)26(39)33-27(3,4)5/h8-13,18H,6-7,14-17H2,1-5H3,(H,32,37)(H,33,39). The van der Waals surface area contributed by atoms with Crippen LogP contribution in [-0.2, 0) is 6.18 Å². The van der Waals surface area contributed by atoms with E-state index < -0.39 is 17.6 Å². The van der Waals surface area contributed by atoms with Crippen LogP contribution in [0.5, 0.6) is 0 Å². The van der Waals surface area contributed by atoms with Gasteiger partial charge in [0.05, 0.1) is 11.1 Å². The van der Waals surface area contributed by atoms with Crippen molar-refractivity contribution in [3.05, 3.63) is 59.2 Å². The van der Waals surface area contributed by atoms with E-state index in [0.717, 1.165) is 24.3 Å². The van der Waals surface area contributed by atoms with E-state index >= 15 is 0 Å². The number of anilines is 2. The van der Waals surface area contributed by atoms with E-state index in [4.69, 9.17) is 0 Å². The summed E-state index contributed by atoms with van der Waals surface area (Å²) in [5.74, 6) is -0.787. The van der Waals surface area contributed by atoms with Gasteiger partial charge < -0.3 is 25.3 Å². The number of alkyl halides is 3. The van der Waals surface area contributed by atoms with E-state index in [1.165, 1.54) is 0 Å². The highest BCUT2D eigenvalue weighted by Gasteiger charge is 2.30. The monoisotopic (exact) mass is 547 g/mol. The first-order valence-electron chi connectivity index (χ1n) is 13.0. The predicted molar refractivity (Wildman–Crippen MR) is 145 cm³/mol. The molecule has 2 aromatic carbocycles. The van der Waals surface area contributed by atoms with Crippen molar-refractivity contribution in [1.82, 2.24) is 15.1 Å². The molecule has 0 atom stereocenters. The lowest BCUT2D eigenvalue weighted by atomic mass is 10.1. The number of halogens is 3. The molecule has 2 aromatic rings. The number of rotatable bonds is 6. The van der Waals surface area contributed by atoms with Crippen molar-refractivity contribution >= 4 is 29.2 Å². The summed E-state index contributed by atoms with van der Waals surface area (Å²) < 4.78 is 38.6. The van der Waals surface area contributed by atoms with Crippen LogP contribution in [0.2, 0.25) is 0 Å². The van der Waals surface area contributed by atoms with E-state index in [9.17, 15) is 27.6 Å². The second-order valence-corrected chi connectivity index (χ2v) is 10.4. The van der Waals surface area contributed by atoms with E-state index in [1.54, 1.807) is 28.0 Å². The summed E-state index contributed by atoms with van der Waals surface area (Å²) in [6, 6.07) is 8.81. The highest BCUT2D eigenvalue weighted by Crippen LogP contribution is 2.30. The topological polar surface area (TPSA) is 85.0 Å². The molecule has 0 saturated carbocycles. The van der Waals surface area contributed by atoms with Crippen LogP contribution in [0, 0.1) is 0 Å². The lowest BCUT2D eigenvalue weighted by Gasteiger charge is -2.38. The van der Waals surface area contributed by atoms with Gasteiger partial charge in [-0.25, -0.2) is 4.79 Å². The summed E-state index contributed by atoms with van der Waals surface area (Å²) in [4.78, 5) is 44.2. The van der Waals surface area contributed by atoms with Gasteiger partial charge in [-0.15, -0.1) is 0 Å². The third kappa shape index (κ3) is 7.64. The second-order valence-electron chi connectivity index (χ2n) is 10.4. The van der Waals surface area contributed by atoms with Crippen molar-refractivity contribution in [3.63, 3.8) is 0 Å². The molecule has 0 unspecified atom stereocenters. The first-order chi connectivity index (χ1) is 18.2. The van der Waals surface area contributed by atoms with Crippen molar-refractivity contribution in [1.29, 1.82) is 0 Å². The molecule has 0 spiro atoms. The number of nitrogens with one attached hydrogen (secondary N) is 2. The van der Waals surface area contributed by atoms with E-state index in [-0.39, 0.29) is 23.0 Å². The smallest absolute Gasteiger partial charge is 0.367 e. The first-order valence-corrected chi connectivity index (χ1v) is 13.0. The molecule has 1 aliphatic heterocycles. The van der Waals surface area contributed by atoms with Gasteiger partial charge in [0.15, 0.2) is 0 Å². The Hall–Kier alpha value is -3.76. The van der Waals surface area contributed by atoms with Gasteiger partial charge in [0.2, 0.25) is 0 Å². The Morgan fingerprint density at radius 2 is 1.49 bits per heavy atom. The Labute approximate surface area is 227 Å². The molecule has 3 rings (SSSR count). The molecule has 1 aliphatic rings. The molecule has 0 bridgehead atoms. The number of urea groups is 1. The Balaban J connectivity index is 1.82. The molecular formula is C28H36F3N5O3. The normalized spacial score (nSPS) is 14.2. The lowest BCUT2D eigenvalue weighted by molar-refractivity contribution is -0.137. The van der Waals surface area contributed by atoms with Crippen molar-refractivity contribution in [2.24, 2.45) is 0 Å². The maximum Gasteiger partial charge on any atom is 0.416 e. The Morgan fingerprint density at radius 1 is 0.897 bits per heavy atom. The van der Waals surface area contributed by atoms with Gasteiger partial charge in [-0.1, -0.05) is 0 Å². The molecule has 4 amide bonds. The van der Waals surface area contributed by atoms with Crippen molar-refractivity contribution < 1.29 is 27.6 Å². The fourth-order valence-corrected chi connectivity index (χ4v) is 4.31. The third-order valence-electron chi connectivity index (χ3n) is 6.40. The number of hydrogen-bond acceptors (Lipinski definition) is 4. The van der Waals surface area contributed by atoms with Gasteiger partial charge in [0.25, 0.3) is 11.8 Å². The fraction of sp³-hybridized carbons (Fsp3) is 0.464. The average molecular weight is 548 g/mol. The van der Waals surface area contributed by atoms with Crippen molar-refractivity contribution in [3.8, 4) is 0 Å². The Morgan fingerprint density at radius 3 is 2.00 bits per heavy atom. The second kappa shape index (κ2) is 12.0. The summed E-state index contributed by atoms with van der Waals surface area (Å²) in [6.07, 6.45) is -4.49. The minimum absolute atomic E-state index is 0.0633. The minimum atomic E-state index is -4.49. The van der Waals surface area contributed by atoms with Gasteiger partial charge in [0, 0.05) is 61.7 Å². The zero-order valence-corrected chi connectivity index (χ0v) is 23.0. The van der Waals surface area contributed by atoms with E-state index in [1.807, 2.05) is 39.5 Å². The molecule has 1 heterocycles. The van der Waals surface area contributed by atoms with Gasteiger partial charge in [-0.3, -0.25) is 9.59 Å². The molecule has 0 aromatic heterocycles. The highest BCUT2D eigenvalue weighted by atomic mass is 19.4. The lowest BCUT2D eigenvalue weighted by Crippen LogP contribution is -2.55. The molecule has 0 aliphatic carbocycles. The zero-order chi connectivity index (χ0) is 29.0. The van der Waals surface area contributed by atoms with Gasteiger partial charge in [-0.2, -0.15) is 13.2 Å². The molecule has 8 nitrogen and oxygen atoms in total. The third-order valence-corrected chi connectivity index (χ3v) is 6.40. The largest absolute Gasteiger partial charge is 0.416 e. The summed E-state index contributed by atoms with van der Waals surface area (Å²) in [7, 11) is 0. The first kappa shape index (κ1) is 29.8. The van der Waals surface area contributed by atoms with E-state index in [2.05, 4.69) is 10.6 Å². The molecule has 212 valence electrons. The van der Waals surface area contributed by atoms with Crippen LogP contribution >= 0.6 is 0 Å². The highest BCUT2D eigenvalue weighted by molar-refractivity contribution is 6.06. The average Bonchev–Trinajstić information content (AvgIpc) is 2.88. The summed E-state index contributed by atoms with van der Waals surface area (Å²) in [6.45, 7) is 12.5. The van der Waals surface area contributed by atoms with Gasteiger partial charge >= 0.3 is 12.2 Å². The molecule has 11 heteroatoms. The van der Waals surface area contributed by atoms with Crippen LogP contribution < -0.4 is 15.5 Å². The number of amides is 4. The molecule has 1 saturated heterocycles. The number of nitrogens with zero attached hydrogens (tertiary/aromatic N) is 3. The SMILES string of the molecule is CCN(CC)C(=O)c1cc(NC(=O)c2ccc(C(F)(F)F)cc2)ccc1N1CCN(C(=O)NC(C)(C)C)CC1. The van der Waals surface area contributed by atoms with Crippen LogP contribution in [0.25, 0.3) is 0 Å². The van der Waals surface area contributed by atoms with Crippen LogP contribution in [0.4, 0.5) is 29.3 Å². The quantitative estimate of drug-likeness (QED) is 0.529. The molecule has 0 radical (unpaired) electrons. The van der Waals surface area contributed by atoms with E-state index in [0.29, 0.717) is 56.2 Å². The van der Waals surface area contributed by atoms with Crippen LogP contribution in [0.3, 0.4) is 0 Å². The van der Waals surface area contributed by atoms with Crippen LogP contribution in [-0.4, -0.2) is 72.5 Å². The Kier molecular flexibility index (Phi) is 9.14. The zero-order valence-electron chi connectivity index (χ0n) is 23.0. The molecule has 1 fully saturated rings. The van der Waals surface area contributed by atoms with Crippen LogP contribution in [0.15, 0.2) is 42.5 Å². The molecule has 2 N–H and O–H groups in total. The van der Waals surface area contributed by atoms with Gasteiger partial charge in [-0.05, 0) is 77.1 Å². The maximum absolute atomic E-state index is 13.4. The number of benzene rings is 2. The van der Waals surface area contributed by atoms with Crippen molar-refractivity contribution in [2.75, 3.05) is 49.5 Å². The number of piperazine rings is 1. The number of hydrogen-bond donors (Lipinski definition) is 2. The number of carbonyl (C=O) groups excluding carboxylic acids is 3. The van der Waals surface area contributed by atoms with Crippen LogP contribution in [0.1, 0.15) is 60.9 Å². The van der Waals surface area contributed by atoms with Gasteiger partial charge in [0.1, 0.15) is 0 Å². The fourth-order valence-electron chi connectivity index (χ4n) is 4.31.